The number of aromatic nitrogens is 1. The maximum atomic E-state index is 11.5. The molecule has 1 aliphatic heterocycles. The summed E-state index contributed by atoms with van der Waals surface area (Å²) in [6, 6.07) is 0. The molecule has 0 saturated carbocycles. The fourth-order valence-electron chi connectivity index (χ4n) is 2.39. The Labute approximate surface area is 119 Å². The van der Waals surface area contributed by atoms with Crippen molar-refractivity contribution in [2.24, 2.45) is 5.92 Å². The summed E-state index contributed by atoms with van der Waals surface area (Å²) in [5.41, 5.74) is 1.07. The first kappa shape index (κ1) is 14.9. The van der Waals surface area contributed by atoms with Crippen molar-refractivity contribution < 1.29 is 8.42 Å². The first-order valence-electron chi connectivity index (χ1n) is 6.52. The molecule has 2 heterocycles. The number of hydrogen-bond donors (Lipinski definition) is 1. The van der Waals surface area contributed by atoms with E-state index in [0.717, 1.165) is 36.6 Å². The molecule has 1 aliphatic rings. The lowest BCUT2D eigenvalue weighted by Crippen LogP contribution is -2.42. The van der Waals surface area contributed by atoms with Gasteiger partial charge in [-0.2, -0.15) is 0 Å². The van der Waals surface area contributed by atoms with Gasteiger partial charge in [0, 0.05) is 25.0 Å². The molecule has 0 spiro atoms. The smallest absolute Gasteiger partial charge is 0.211 e. The van der Waals surface area contributed by atoms with Crippen LogP contribution in [0.2, 0.25) is 0 Å². The number of hydrogen-bond acceptors (Lipinski definition) is 5. The molecule has 7 heteroatoms. The van der Waals surface area contributed by atoms with E-state index in [-0.39, 0.29) is 0 Å². The topological polar surface area (TPSA) is 62.3 Å². The van der Waals surface area contributed by atoms with Crippen LogP contribution in [0.5, 0.6) is 0 Å². The summed E-state index contributed by atoms with van der Waals surface area (Å²) in [4.78, 5) is 4.40. The summed E-state index contributed by atoms with van der Waals surface area (Å²) >= 11 is 1.66. The lowest BCUT2D eigenvalue weighted by molar-refractivity contribution is 0.261. The lowest BCUT2D eigenvalue weighted by atomic mass is 10.00. The van der Waals surface area contributed by atoms with Gasteiger partial charge in [0.2, 0.25) is 10.0 Å². The fourth-order valence-corrected chi connectivity index (χ4v) is 3.94. The third-order valence-electron chi connectivity index (χ3n) is 3.36. The average Bonchev–Trinajstić information content (AvgIpc) is 2.74. The summed E-state index contributed by atoms with van der Waals surface area (Å²) in [6.07, 6.45) is 3.34. The molecule has 1 aromatic heterocycles. The van der Waals surface area contributed by atoms with E-state index in [1.54, 1.807) is 15.6 Å². The van der Waals surface area contributed by atoms with Crippen LogP contribution < -0.4 is 5.32 Å². The van der Waals surface area contributed by atoms with E-state index in [2.05, 4.69) is 15.7 Å². The second kappa shape index (κ2) is 6.30. The highest BCUT2D eigenvalue weighted by atomic mass is 32.2. The Morgan fingerprint density at radius 1 is 1.58 bits per heavy atom. The molecule has 1 N–H and O–H groups in total. The molecular weight excluding hydrogens is 282 g/mol. The Hall–Kier alpha value is -0.500. The molecular formula is C12H21N3O2S2. The zero-order valence-electron chi connectivity index (χ0n) is 11.4. The van der Waals surface area contributed by atoms with E-state index in [1.807, 2.05) is 6.92 Å². The monoisotopic (exact) mass is 303 g/mol. The lowest BCUT2D eigenvalue weighted by Gasteiger charge is -2.31. The molecule has 1 unspecified atom stereocenters. The van der Waals surface area contributed by atoms with E-state index in [0.29, 0.717) is 19.0 Å². The van der Waals surface area contributed by atoms with Gasteiger partial charge in [0.1, 0.15) is 0 Å². The largest absolute Gasteiger partial charge is 0.311 e. The van der Waals surface area contributed by atoms with Gasteiger partial charge in [-0.1, -0.05) is 0 Å². The second-order valence-corrected chi connectivity index (χ2v) is 8.16. The summed E-state index contributed by atoms with van der Waals surface area (Å²) in [6.45, 7) is 4.92. The van der Waals surface area contributed by atoms with Crippen molar-refractivity contribution >= 4 is 21.4 Å². The van der Waals surface area contributed by atoms with Gasteiger partial charge in [0.25, 0.3) is 0 Å². The molecule has 5 nitrogen and oxygen atoms in total. The highest BCUT2D eigenvalue weighted by molar-refractivity contribution is 7.88. The minimum atomic E-state index is -3.04. The molecule has 0 radical (unpaired) electrons. The summed E-state index contributed by atoms with van der Waals surface area (Å²) in [7, 11) is -3.04. The SMILES string of the molecule is Cc1nc(CNCC2CCCN(S(C)(=O)=O)C2)cs1. The third kappa shape index (κ3) is 4.52. The van der Waals surface area contributed by atoms with Crippen molar-refractivity contribution in [1.29, 1.82) is 0 Å². The number of aryl methyl sites for hydroxylation is 1. The van der Waals surface area contributed by atoms with Crippen LogP contribution in [0.4, 0.5) is 0 Å². The number of nitrogens with zero attached hydrogens (tertiary/aromatic N) is 2. The van der Waals surface area contributed by atoms with Gasteiger partial charge < -0.3 is 5.32 Å². The highest BCUT2D eigenvalue weighted by Crippen LogP contribution is 2.18. The molecule has 108 valence electrons. The van der Waals surface area contributed by atoms with Crippen molar-refractivity contribution in [1.82, 2.24) is 14.6 Å². The number of piperidine rings is 1. The van der Waals surface area contributed by atoms with E-state index in [4.69, 9.17) is 0 Å². The van der Waals surface area contributed by atoms with Crippen LogP contribution in [0.15, 0.2) is 5.38 Å². The van der Waals surface area contributed by atoms with Crippen molar-refractivity contribution in [2.75, 3.05) is 25.9 Å². The molecule has 0 bridgehead atoms. The normalized spacial score (nSPS) is 21.7. The Bertz CT molecular complexity index is 513. The van der Waals surface area contributed by atoms with Gasteiger partial charge in [-0.05, 0) is 32.2 Å². The van der Waals surface area contributed by atoms with Crippen LogP contribution in [0.25, 0.3) is 0 Å². The molecule has 2 rings (SSSR count). The standard InChI is InChI=1S/C12H21N3O2S2/c1-10-14-12(9-18-10)7-13-6-11-4-3-5-15(8-11)19(2,16)17/h9,11,13H,3-8H2,1-2H3. The Morgan fingerprint density at radius 3 is 3.00 bits per heavy atom. The van der Waals surface area contributed by atoms with Gasteiger partial charge in [0.05, 0.1) is 17.0 Å². The van der Waals surface area contributed by atoms with E-state index in [9.17, 15) is 8.42 Å². The molecule has 0 amide bonds. The predicted molar refractivity (Wildman–Crippen MR) is 77.7 cm³/mol. The first-order valence-corrected chi connectivity index (χ1v) is 9.25. The van der Waals surface area contributed by atoms with Crippen molar-refractivity contribution in [2.45, 2.75) is 26.3 Å². The Morgan fingerprint density at radius 2 is 2.37 bits per heavy atom. The van der Waals surface area contributed by atoms with E-state index >= 15 is 0 Å². The van der Waals surface area contributed by atoms with Crippen LogP contribution >= 0.6 is 11.3 Å². The molecule has 1 fully saturated rings. The minimum Gasteiger partial charge on any atom is -0.311 e. The van der Waals surface area contributed by atoms with E-state index < -0.39 is 10.0 Å². The quantitative estimate of drug-likeness (QED) is 0.888. The van der Waals surface area contributed by atoms with Crippen LogP contribution in [0.1, 0.15) is 23.5 Å². The van der Waals surface area contributed by atoms with E-state index in [1.165, 1.54) is 6.26 Å². The number of rotatable bonds is 5. The maximum absolute atomic E-state index is 11.5. The predicted octanol–water partition coefficient (Wildman–Crippen LogP) is 1.21. The van der Waals surface area contributed by atoms with Crippen molar-refractivity contribution in [3.05, 3.63) is 16.1 Å². The molecule has 1 aromatic rings. The molecule has 0 aliphatic carbocycles. The van der Waals surface area contributed by atoms with Gasteiger partial charge in [0.15, 0.2) is 0 Å². The number of thiazole rings is 1. The summed E-state index contributed by atoms with van der Waals surface area (Å²) < 4.78 is 24.6. The van der Waals surface area contributed by atoms with Gasteiger partial charge >= 0.3 is 0 Å². The van der Waals surface area contributed by atoms with Crippen LogP contribution in [0.3, 0.4) is 0 Å². The minimum absolute atomic E-state index is 0.406. The average molecular weight is 303 g/mol. The zero-order chi connectivity index (χ0) is 13.9. The maximum Gasteiger partial charge on any atom is 0.211 e. The molecule has 1 atom stereocenters. The first-order chi connectivity index (χ1) is 8.95. The van der Waals surface area contributed by atoms with Crippen LogP contribution in [-0.4, -0.2) is 43.6 Å². The van der Waals surface area contributed by atoms with Crippen molar-refractivity contribution in [3.8, 4) is 0 Å². The number of sulfonamides is 1. The zero-order valence-corrected chi connectivity index (χ0v) is 13.1. The molecule has 19 heavy (non-hydrogen) atoms. The van der Waals surface area contributed by atoms with Crippen molar-refractivity contribution in [3.63, 3.8) is 0 Å². The Balaban J connectivity index is 1.77. The van der Waals surface area contributed by atoms with Crippen LogP contribution in [0, 0.1) is 12.8 Å². The Kier molecular flexibility index (Phi) is 4.94. The number of nitrogens with one attached hydrogen (secondary N) is 1. The van der Waals surface area contributed by atoms with Gasteiger partial charge in [-0.15, -0.1) is 11.3 Å². The second-order valence-electron chi connectivity index (χ2n) is 5.12. The molecule has 0 aromatic carbocycles. The fraction of sp³-hybridized carbons (Fsp3) is 0.750. The molecule has 1 saturated heterocycles. The van der Waals surface area contributed by atoms with Gasteiger partial charge in [-0.3, -0.25) is 0 Å². The van der Waals surface area contributed by atoms with Gasteiger partial charge in [-0.25, -0.2) is 17.7 Å². The van der Waals surface area contributed by atoms with Crippen LogP contribution in [-0.2, 0) is 16.6 Å². The third-order valence-corrected chi connectivity index (χ3v) is 5.45. The summed E-state index contributed by atoms with van der Waals surface area (Å²) in [5, 5.41) is 6.52. The highest BCUT2D eigenvalue weighted by Gasteiger charge is 2.25. The summed E-state index contributed by atoms with van der Waals surface area (Å²) in [5.74, 6) is 0.406.